The molecule has 59 heavy (non-hydrogen) atoms. The molecule has 2 fully saturated rings. The van der Waals surface area contributed by atoms with Crippen molar-refractivity contribution in [1.82, 2.24) is 0 Å². The third kappa shape index (κ3) is 7.30. The quantitative estimate of drug-likeness (QED) is 0.165. The van der Waals surface area contributed by atoms with Crippen molar-refractivity contribution < 1.29 is 9.47 Å². The highest BCUT2D eigenvalue weighted by Gasteiger charge is 2.53. The summed E-state index contributed by atoms with van der Waals surface area (Å²) in [5.74, 6) is 3.48. The highest BCUT2D eigenvalue weighted by atomic mass is 28.3. The number of benzene rings is 4. The number of hydrogen-bond acceptors (Lipinski definition) is 2. The fraction of sp³-hybridized carbons (Fsp3) is 0.500. The summed E-state index contributed by atoms with van der Waals surface area (Å²) in [7, 11) is 1.56. The van der Waals surface area contributed by atoms with Gasteiger partial charge in [0.2, 0.25) is 0 Å². The van der Waals surface area contributed by atoms with Gasteiger partial charge in [0.25, 0.3) is 0 Å². The third-order valence-electron chi connectivity index (χ3n) is 14.2. The molecular formula is C56H72O2Si. The molecule has 0 heterocycles. The van der Waals surface area contributed by atoms with E-state index in [1.165, 1.54) is 81.3 Å². The van der Waals surface area contributed by atoms with Gasteiger partial charge in [0, 0.05) is 33.3 Å². The fourth-order valence-corrected chi connectivity index (χ4v) is 15.8. The number of hydrogen-bond donors (Lipinski definition) is 0. The molecule has 0 N–H and O–H groups in total. The van der Waals surface area contributed by atoms with Crippen molar-refractivity contribution >= 4 is 20.2 Å². The van der Waals surface area contributed by atoms with Gasteiger partial charge in [-0.2, -0.15) is 0 Å². The predicted molar refractivity (Wildman–Crippen MR) is 256 cm³/mol. The Balaban J connectivity index is 1.29. The van der Waals surface area contributed by atoms with Crippen LogP contribution in [-0.2, 0) is 21.7 Å². The maximum Gasteiger partial charge on any atom is 0.126 e. The van der Waals surface area contributed by atoms with Gasteiger partial charge in [-0.05, 0) is 128 Å². The molecule has 2 atom stereocenters. The largest absolute Gasteiger partial charge is 0.496 e. The summed E-state index contributed by atoms with van der Waals surface area (Å²) in [5.41, 5.74) is 20.8. The topological polar surface area (TPSA) is 18.5 Å². The molecule has 3 heteroatoms. The molecule has 0 aromatic heterocycles. The van der Waals surface area contributed by atoms with Gasteiger partial charge in [-0.3, -0.25) is 0 Å². The van der Waals surface area contributed by atoms with Crippen molar-refractivity contribution in [2.24, 2.45) is 11.8 Å². The van der Waals surface area contributed by atoms with Gasteiger partial charge < -0.3 is 9.47 Å². The number of rotatable bonds is 8. The van der Waals surface area contributed by atoms with Crippen LogP contribution in [0.3, 0.4) is 0 Å². The monoisotopic (exact) mass is 805 g/mol. The van der Waals surface area contributed by atoms with Crippen LogP contribution in [0.1, 0.15) is 164 Å². The lowest BCUT2D eigenvalue weighted by molar-refractivity contribution is 0.381. The molecule has 4 aliphatic carbocycles. The van der Waals surface area contributed by atoms with Gasteiger partial charge >= 0.3 is 0 Å². The second-order valence-electron chi connectivity index (χ2n) is 23.4. The Labute approximate surface area is 358 Å². The zero-order chi connectivity index (χ0) is 42.8. The first kappa shape index (κ1) is 41.9. The Morgan fingerprint density at radius 1 is 0.475 bits per heavy atom. The number of fused-ring (bicyclic) bond motifs is 2. The summed E-state index contributed by atoms with van der Waals surface area (Å²) >= 11 is 0. The molecule has 2 nitrogen and oxygen atoms in total. The fourth-order valence-electron chi connectivity index (χ4n) is 11.0. The molecule has 4 aromatic rings. The first-order valence-corrected chi connectivity index (χ1v) is 25.8. The maximum absolute atomic E-state index is 6.22. The lowest BCUT2D eigenvalue weighted by atomic mass is 9.77. The second kappa shape index (κ2) is 14.1. The van der Waals surface area contributed by atoms with E-state index in [1.807, 2.05) is 14.2 Å². The van der Waals surface area contributed by atoms with Gasteiger partial charge in [0.1, 0.15) is 11.5 Å². The van der Waals surface area contributed by atoms with Crippen LogP contribution in [0.15, 0.2) is 71.8 Å². The van der Waals surface area contributed by atoms with E-state index >= 15 is 0 Å². The lowest BCUT2D eigenvalue weighted by Crippen LogP contribution is -2.43. The van der Waals surface area contributed by atoms with Crippen LogP contribution >= 0.6 is 0 Å². The molecule has 0 aliphatic heterocycles. The van der Waals surface area contributed by atoms with Gasteiger partial charge in [-0.25, -0.2) is 0 Å². The molecule has 4 aromatic carbocycles. The molecule has 2 unspecified atom stereocenters. The van der Waals surface area contributed by atoms with Gasteiger partial charge in [-0.15, -0.1) is 0 Å². The van der Waals surface area contributed by atoms with E-state index in [9.17, 15) is 0 Å². The summed E-state index contributed by atoms with van der Waals surface area (Å²) < 4.78 is 12.4. The van der Waals surface area contributed by atoms with E-state index in [2.05, 4.69) is 169 Å². The molecule has 0 bridgehead atoms. The number of ether oxygens (including phenoxy) is 2. The average molecular weight is 805 g/mol. The Hall–Kier alpha value is -3.82. The van der Waals surface area contributed by atoms with Crippen LogP contribution < -0.4 is 9.47 Å². The van der Waals surface area contributed by atoms with Gasteiger partial charge in [-0.1, -0.05) is 156 Å². The van der Waals surface area contributed by atoms with Gasteiger partial charge in [0.15, 0.2) is 0 Å². The highest BCUT2D eigenvalue weighted by Crippen LogP contribution is 2.61. The third-order valence-corrected chi connectivity index (χ3v) is 18.5. The molecule has 2 saturated carbocycles. The summed E-state index contributed by atoms with van der Waals surface area (Å²) in [5, 5.41) is 0. The molecular weight excluding hydrogens is 733 g/mol. The van der Waals surface area contributed by atoms with Crippen molar-refractivity contribution in [1.29, 1.82) is 0 Å². The molecule has 8 rings (SSSR count). The molecule has 4 aliphatic rings. The predicted octanol–water partition coefficient (Wildman–Crippen LogP) is 15.5. The molecule has 0 saturated heterocycles. The van der Waals surface area contributed by atoms with Crippen LogP contribution in [0.2, 0.25) is 13.1 Å². The van der Waals surface area contributed by atoms with E-state index in [4.69, 9.17) is 9.47 Å². The van der Waals surface area contributed by atoms with E-state index in [0.717, 1.165) is 11.5 Å². The Kier molecular flexibility index (Phi) is 10.0. The van der Waals surface area contributed by atoms with E-state index < -0.39 is 8.07 Å². The van der Waals surface area contributed by atoms with Crippen molar-refractivity contribution in [3.8, 4) is 33.8 Å². The Morgan fingerprint density at radius 3 is 1.03 bits per heavy atom. The molecule has 0 radical (unpaired) electrons. The average Bonchev–Trinajstić information content (AvgIpc) is 4.09. The minimum atomic E-state index is -2.13. The minimum absolute atomic E-state index is 0.0551. The SMILES string of the molecule is COc1c(C(C)(C)C)cc(-c2cccc3c2C=C(C2CC2)C3[Si](C)(C)C2C(C3CC3)=Cc3c(-c4cc(C(C)(C)C)c(OC)c(C(C)(C)C)c4)cccc32)cc1C(C)(C)C. The first-order chi connectivity index (χ1) is 27.5. The zero-order valence-electron chi connectivity index (χ0n) is 39.4. The minimum Gasteiger partial charge on any atom is -0.496 e. The van der Waals surface area contributed by atoms with Crippen LogP contribution in [0.25, 0.3) is 34.4 Å². The number of methoxy groups -OCH3 is 2. The van der Waals surface area contributed by atoms with Crippen LogP contribution in [0.4, 0.5) is 0 Å². The Morgan fingerprint density at radius 2 is 0.780 bits per heavy atom. The van der Waals surface area contributed by atoms with Crippen molar-refractivity contribution in [3.63, 3.8) is 0 Å². The van der Waals surface area contributed by atoms with Crippen molar-refractivity contribution in [2.75, 3.05) is 14.2 Å². The van der Waals surface area contributed by atoms with Crippen LogP contribution in [0.5, 0.6) is 11.5 Å². The highest BCUT2D eigenvalue weighted by molar-refractivity contribution is 6.82. The van der Waals surface area contributed by atoms with E-state index in [-0.39, 0.29) is 21.7 Å². The number of allylic oxidation sites excluding steroid dienone is 2. The van der Waals surface area contributed by atoms with Crippen LogP contribution in [-0.4, -0.2) is 22.3 Å². The summed E-state index contributed by atoms with van der Waals surface area (Å²) in [6.45, 7) is 33.4. The maximum atomic E-state index is 6.22. The van der Waals surface area contributed by atoms with E-state index in [1.54, 1.807) is 22.3 Å². The summed E-state index contributed by atoms with van der Waals surface area (Å²) in [6.07, 6.45) is 10.7. The van der Waals surface area contributed by atoms with Crippen molar-refractivity contribution in [2.45, 2.75) is 155 Å². The van der Waals surface area contributed by atoms with Crippen molar-refractivity contribution in [3.05, 3.63) is 116 Å². The lowest BCUT2D eigenvalue weighted by Gasteiger charge is -2.40. The summed E-state index contributed by atoms with van der Waals surface area (Å²) in [4.78, 5) is 0. The molecule has 0 amide bonds. The normalized spacial score (nSPS) is 19.7. The smallest absolute Gasteiger partial charge is 0.126 e. The Bertz CT molecular complexity index is 2150. The standard InChI is InChI=1S/C56H72O2Si/c1-53(2,3)45-27-35(28-46(49(45)57-13)54(4,5)6)37-19-17-21-39-43(37)31-41(33-23-24-33)51(39)59(15,16)52-40-22-18-20-38(44(40)32-42(52)34-25-26-34)36-29-47(55(7,8)9)50(58-14)48(30-36)56(10,11)12/h17-22,27-34,51-52H,23-26H2,1-16H3. The summed E-state index contributed by atoms with van der Waals surface area (Å²) in [6, 6.07) is 24.3. The van der Waals surface area contributed by atoms with E-state index in [0.29, 0.717) is 22.9 Å². The molecule has 312 valence electrons. The zero-order valence-corrected chi connectivity index (χ0v) is 40.4. The first-order valence-electron chi connectivity index (χ1n) is 22.6. The van der Waals surface area contributed by atoms with Crippen LogP contribution in [0, 0.1) is 11.8 Å². The van der Waals surface area contributed by atoms with Gasteiger partial charge in [0.05, 0.1) is 22.3 Å². The molecule has 0 spiro atoms. The second-order valence-corrected chi connectivity index (χ2v) is 28.1.